The Bertz CT molecular complexity index is 801. The number of nitrogen functional groups attached to an aromatic ring is 1. The van der Waals surface area contributed by atoms with Crippen molar-refractivity contribution in [3.8, 4) is 5.75 Å². The molecule has 0 aliphatic heterocycles. The summed E-state index contributed by atoms with van der Waals surface area (Å²) in [6, 6.07) is 11.2. The molecule has 0 saturated carbocycles. The molecule has 5 nitrogen and oxygen atoms in total. The largest absolute Gasteiger partial charge is 0.505 e. The van der Waals surface area contributed by atoms with Gasteiger partial charge in [0.05, 0.1) is 10.6 Å². The van der Waals surface area contributed by atoms with Crippen LogP contribution in [0.2, 0.25) is 0 Å². The molecule has 0 aromatic heterocycles. The van der Waals surface area contributed by atoms with Crippen LogP contribution in [-0.2, 0) is 10.0 Å². The minimum Gasteiger partial charge on any atom is -0.505 e. The Morgan fingerprint density at radius 3 is 2.43 bits per heavy atom. The molecule has 0 heterocycles. The number of phenols is 1. The molecule has 2 aromatic carbocycles. The van der Waals surface area contributed by atoms with E-state index in [0.29, 0.717) is 11.3 Å². The van der Waals surface area contributed by atoms with Gasteiger partial charge in [0.25, 0.3) is 10.0 Å². The monoisotopic (exact) mass is 334 g/mol. The van der Waals surface area contributed by atoms with Crippen LogP contribution in [0.5, 0.6) is 5.75 Å². The molecule has 6 heteroatoms. The van der Waals surface area contributed by atoms with Gasteiger partial charge < -0.3 is 10.8 Å². The number of hydrogen-bond acceptors (Lipinski definition) is 4. The van der Waals surface area contributed by atoms with E-state index < -0.39 is 10.0 Å². The quantitative estimate of drug-likeness (QED) is 0.823. The summed E-state index contributed by atoms with van der Waals surface area (Å²) in [5, 5.41) is 10.3. The Morgan fingerprint density at radius 1 is 1.17 bits per heavy atom. The number of aryl methyl sites for hydroxylation is 1. The summed E-state index contributed by atoms with van der Waals surface area (Å²) in [6.45, 7) is 5.84. The van der Waals surface area contributed by atoms with Gasteiger partial charge in [0.15, 0.2) is 0 Å². The van der Waals surface area contributed by atoms with E-state index in [9.17, 15) is 13.5 Å². The molecular formula is C17H22N2O3S. The van der Waals surface area contributed by atoms with Gasteiger partial charge in [-0.1, -0.05) is 32.0 Å². The van der Waals surface area contributed by atoms with Gasteiger partial charge in [-0.2, -0.15) is 0 Å². The van der Waals surface area contributed by atoms with Crippen LogP contribution in [0, 0.1) is 12.8 Å². The number of para-hydroxylation sites is 1. The fourth-order valence-corrected chi connectivity index (χ4v) is 4.00. The van der Waals surface area contributed by atoms with Crippen LogP contribution in [0.25, 0.3) is 0 Å². The highest BCUT2D eigenvalue weighted by molar-refractivity contribution is 7.92. The molecule has 23 heavy (non-hydrogen) atoms. The third-order valence-corrected chi connectivity index (χ3v) is 5.24. The Hall–Kier alpha value is -2.21. The fourth-order valence-electron chi connectivity index (χ4n) is 2.30. The van der Waals surface area contributed by atoms with Gasteiger partial charge in [0.2, 0.25) is 0 Å². The third kappa shape index (κ3) is 3.59. The Labute approximate surface area is 137 Å². The molecular weight excluding hydrogens is 312 g/mol. The lowest BCUT2D eigenvalue weighted by atomic mass is 10.1. The smallest absolute Gasteiger partial charge is 0.264 e. The summed E-state index contributed by atoms with van der Waals surface area (Å²) in [4.78, 5) is 0.110. The summed E-state index contributed by atoms with van der Waals surface area (Å²) < 4.78 is 27.3. The predicted molar refractivity (Wildman–Crippen MR) is 93.1 cm³/mol. The summed E-state index contributed by atoms with van der Waals surface area (Å²) in [5.74, 6) is 0.0615. The molecule has 2 rings (SSSR count). The van der Waals surface area contributed by atoms with E-state index in [2.05, 4.69) is 0 Å². The SMILES string of the molecule is Cc1cccc(N(CC(C)C)S(=O)(=O)c2cccc(N)c2)c1O. The van der Waals surface area contributed by atoms with Crippen molar-refractivity contribution in [2.75, 3.05) is 16.6 Å². The number of hydrogen-bond donors (Lipinski definition) is 2. The number of benzene rings is 2. The van der Waals surface area contributed by atoms with Gasteiger partial charge in [-0.25, -0.2) is 8.42 Å². The van der Waals surface area contributed by atoms with Crippen molar-refractivity contribution in [2.45, 2.75) is 25.7 Å². The zero-order valence-electron chi connectivity index (χ0n) is 13.5. The zero-order valence-corrected chi connectivity index (χ0v) is 14.3. The van der Waals surface area contributed by atoms with Crippen LogP contribution < -0.4 is 10.0 Å². The molecule has 3 N–H and O–H groups in total. The normalized spacial score (nSPS) is 11.7. The predicted octanol–water partition coefficient (Wildman–Crippen LogP) is 3.13. The number of sulfonamides is 1. The average Bonchev–Trinajstić information content (AvgIpc) is 2.48. The number of rotatable bonds is 5. The van der Waals surface area contributed by atoms with Gasteiger partial charge in [-0.3, -0.25) is 4.31 Å². The summed E-state index contributed by atoms with van der Waals surface area (Å²) in [5.41, 5.74) is 7.00. The third-order valence-electron chi connectivity index (χ3n) is 3.46. The maximum absolute atomic E-state index is 13.0. The maximum atomic E-state index is 13.0. The van der Waals surface area contributed by atoms with Crippen molar-refractivity contribution in [3.63, 3.8) is 0 Å². The Kier molecular flexibility index (Phi) is 4.85. The number of phenolic OH excluding ortho intramolecular Hbond substituents is 1. The van der Waals surface area contributed by atoms with Gasteiger partial charge in [-0.05, 0) is 42.7 Å². The fraction of sp³-hybridized carbons (Fsp3) is 0.294. The van der Waals surface area contributed by atoms with Crippen molar-refractivity contribution in [1.82, 2.24) is 0 Å². The van der Waals surface area contributed by atoms with Crippen LogP contribution in [-0.4, -0.2) is 20.1 Å². The topological polar surface area (TPSA) is 83.6 Å². The van der Waals surface area contributed by atoms with E-state index in [1.165, 1.54) is 16.4 Å². The van der Waals surface area contributed by atoms with E-state index in [1.54, 1.807) is 37.3 Å². The van der Waals surface area contributed by atoms with Crippen molar-refractivity contribution < 1.29 is 13.5 Å². The first-order valence-corrected chi connectivity index (χ1v) is 8.84. The van der Waals surface area contributed by atoms with E-state index >= 15 is 0 Å². The highest BCUT2D eigenvalue weighted by Gasteiger charge is 2.28. The Morgan fingerprint density at radius 2 is 1.83 bits per heavy atom. The first kappa shape index (κ1) is 17.1. The molecule has 0 bridgehead atoms. The highest BCUT2D eigenvalue weighted by atomic mass is 32.2. The van der Waals surface area contributed by atoms with Crippen molar-refractivity contribution in [2.24, 2.45) is 5.92 Å². The van der Waals surface area contributed by atoms with Crippen molar-refractivity contribution >= 4 is 21.4 Å². The van der Waals surface area contributed by atoms with Crippen LogP contribution in [0.15, 0.2) is 47.4 Å². The molecule has 0 atom stereocenters. The van der Waals surface area contributed by atoms with Gasteiger partial charge in [0.1, 0.15) is 5.75 Å². The van der Waals surface area contributed by atoms with Crippen LogP contribution in [0.1, 0.15) is 19.4 Å². The minimum atomic E-state index is -3.82. The first-order chi connectivity index (χ1) is 10.7. The number of nitrogens with two attached hydrogens (primary N) is 1. The number of aromatic hydroxyl groups is 1. The van der Waals surface area contributed by atoms with Crippen molar-refractivity contribution in [1.29, 1.82) is 0 Å². The first-order valence-electron chi connectivity index (χ1n) is 7.40. The van der Waals surface area contributed by atoms with E-state index in [0.717, 1.165) is 0 Å². The maximum Gasteiger partial charge on any atom is 0.264 e. The molecule has 0 saturated heterocycles. The summed E-state index contributed by atoms with van der Waals surface area (Å²) in [6.07, 6.45) is 0. The molecule has 0 radical (unpaired) electrons. The molecule has 0 aliphatic carbocycles. The summed E-state index contributed by atoms with van der Waals surface area (Å²) in [7, 11) is -3.82. The Balaban J connectivity index is 2.61. The molecule has 0 aliphatic rings. The minimum absolute atomic E-state index is 0.0272. The second kappa shape index (κ2) is 6.50. The van der Waals surface area contributed by atoms with Crippen LogP contribution in [0.4, 0.5) is 11.4 Å². The number of anilines is 2. The second-order valence-corrected chi connectivity index (χ2v) is 7.81. The number of nitrogens with zero attached hydrogens (tertiary/aromatic N) is 1. The molecule has 0 fully saturated rings. The van der Waals surface area contributed by atoms with E-state index in [-0.39, 0.29) is 28.8 Å². The van der Waals surface area contributed by atoms with E-state index in [4.69, 9.17) is 5.73 Å². The average molecular weight is 334 g/mol. The van der Waals surface area contributed by atoms with Gasteiger partial charge in [0, 0.05) is 12.2 Å². The highest BCUT2D eigenvalue weighted by Crippen LogP contribution is 2.34. The van der Waals surface area contributed by atoms with Gasteiger partial charge in [-0.15, -0.1) is 0 Å². The van der Waals surface area contributed by atoms with Crippen LogP contribution >= 0.6 is 0 Å². The van der Waals surface area contributed by atoms with E-state index in [1.807, 2.05) is 13.8 Å². The molecule has 0 unspecified atom stereocenters. The van der Waals surface area contributed by atoms with Crippen molar-refractivity contribution in [3.05, 3.63) is 48.0 Å². The standard InChI is InChI=1S/C17H22N2O3S/c1-12(2)11-19(16-9-4-6-13(3)17(16)20)23(21,22)15-8-5-7-14(18)10-15/h4-10,12,20H,11,18H2,1-3H3. The lowest BCUT2D eigenvalue weighted by Gasteiger charge is -2.27. The molecule has 124 valence electrons. The van der Waals surface area contributed by atoms with Gasteiger partial charge >= 0.3 is 0 Å². The second-order valence-electron chi connectivity index (χ2n) is 5.95. The molecule has 0 spiro atoms. The zero-order chi connectivity index (χ0) is 17.2. The molecule has 2 aromatic rings. The lowest BCUT2D eigenvalue weighted by Crippen LogP contribution is -2.34. The van der Waals surface area contributed by atoms with Crippen LogP contribution in [0.3, 0.4) is 0 Å². The molecule has 0 amide bonds. The summed E-state index contributed by atoms with van der Waals surface area (Å²) >= 11 is 0. The lowest BCUT2D eigenvalue weighted by molar-refractivity contribution is 0.470.